The van der Waals surface area contributed by atoms with Gasteiger partial charge in [0.2, 0.25) is 35.4 Å². The Morgan fingerprint density at radius 1 is 0.894 bits per heavy atom. The molecule has 7 atom stereocenters. The van der Waals surface area contributed by atoms with Gasteiger partial charge in [0.15, 0.2) is 0 Å². The minimum atomic E-state index is -4.72. The highest BCUT2D eigenvalue weighted by molar-refractivity contribution is 7.51. The number of rotatable bonds is 26. The molecule has 19 heteroatoms. The van der Waals surface area contributed by atoms with Crippen molar-refractivity contribution in [1.82, 2.24) is 35.3 Å². The van der Waals surface area contributed by atoms with Crippen molar-refractivity contribution >= 4 is 43.0 Å². The third-order valence-corrected chi connectivity index (χ3v) is 13.6. The van der Waals surface area contributed by atoms with Crippen molar-refractivity contribution in [2.75, 3.05) is 19.3 Å². The maximum absolute atomic E-state index is 14.5. The number of nitrogens with two attached hydrogens (primary N) is 1. The SMILES string of the molecule is CC(=O)N1CCC[C@H]1C(=O)N[C@H]1CC(C)N([C@@H](Cc2cncn2CCCCCCCCc2ccccc2)C(=O)N[C@@H](CO)C(=O)N[C@@H](C(N)=O)[C@H](CCc2ccccc2)CP(=O)(O)O)C1=O. The number of imidazole rings is 1. The summed E-state index contributed by atoms with van der Waals surface area (Å²) in [7, 11) is -4.72. The fraction of sp³-hybridized carbons (Fsp3) is 0.553. The lowest BCUT2D eigenvalue weighted by atomic mass is 9.93. The number of hydrogen-bond donors (Lipinski definition) is 7. The van der Waals surface area contributed by atoms with Gasteiger partial charge in [0.1, 0.15) is 30.2 Å². The number of hydrogen-bond acceptors (Lipinski definition) is 9. The van der Waals surface area contributed by atoms with E-state index in [0.717, 1.165) is 50.5 Å². The number of unbranched alkanes of at least 4 members (excludes halogenated alkanes) is 5. The van der Waals surface area contributed by atoms with Crippen LogP contribution in [0.3, 0.4) is 0 Å². The van der Waals surface area contributed by atoms with Crippen LogP contribution in [-0.4, -0.2) is 125 Å². The zero-order valence-electron chi connectivity index (χ0n) is 38.0. The Kier molecular flexibility index (Phi) is 19.5. The third-order valence-electron chi connectivity index (χ3n) is 12.7. The van der Waals surface area contributed by atoms with Gasteiger partial charge < -0.3 is 50.9 Å². The van der Waals surface area contributed by atoms with E-state index in [9.17, 15) is 48.2 Å². The first-order valence-corrected chi connectivity index (χ1v) is 24.9. The molecule has 8 N–H and O–H groups in total. The molecule has 1 unspecified atom stereocenters. The molecule has 2 fully saturated rings. The highest BCUT2D eigenvalue weighted by atomic mass is 31.2. The van der Waals surface area contributed by atoms with E-state index in [0.29, 0.717) is 38.0 Å². The predicted octanol–water partition coefficient (Wildman–Crippen LogP) is 2.37. The van der Waals surface area contributed by atoms with E-state index in [1.54, 1.807) is 37.6 Å². The Balaban J connectivity index is 1.30. The van der Waals surface area contributed by atoms with E-state index >= 15 is 0 Å². The van der Waals surface area contributed by atoms with Gasteiger partial charge in [-0.05, 0) is 75.3 Å². The highest BCUT2D eigenvalue weighted by Crippen LogP contribution is 2.39. The zero-order valence-corrected chi connectivity index (χ0v) is 38.9. The van der Waals surface area contributed by atoms with Crippen LogP contribution in [0, 0.1) is 5.92 Å². The lowest BCUT2D eigenvalue weighted by molar-refractivity contribution is -0.143. The molecule has 18 nitrogen and oxygen atoms in total. The van der Waals surface area contributed by atoms with E-state index in [-0.39, 0.29) is 25.2 Å². The number of primary amides is 1. The molecule has 3 aromatic rings. The molecule has 2 aliphatic heterocycles. The normalized spacial score (nSPS) is 19.2. The minimum absolute atomic E-state index is 0.0453. The molecule has 0 bridgehead atoms. The Labute approximate surface area is 386 Å². The summed E-state index contributed by atoms with van der Waals surface area (Å²) in [6.45, 7) is 3.21. The molecule has 360 valence electrons. The number of aryl methyl sites for hydroxylation is 3. The number of carbonyl (C=O) groups excluding carboxylic acids is 6. The van der Waals surface area contributed by atoms with Crippen LogP contribution in [0.25, 0.3) is 0 Å². The largest absolute Gasteiger partial charge is 0.394 e. The van der Waals surface area contributed by atoms with Crippen LogP contribution in [-0.2, 0) is 59.1 Å². The molecule has 3 heterocycles. The Bertz CT molecular complexity index is 2140. The highest BCUT2D eigenvalue weighted by Gasteiger charge is 2.46. The topological polar surface area (TPSA) is 267 Å². The van der Waals surface area contributed by atoms with Crippen LogP contribution in [0.1, 0.15) is 94.9 Å². The Morgan fingerprint density at radius 3 is 2.15 bits per heavy atom. The lowest BCUT2D eigenvalue weighted by Gasteiger charge is -2.32. The second-order valence-electron chi connectivity index (χ2n) is 17.7. The summed E-state index contributed by atoms with van der Waals surface area (Å²) in [5.74, 6) is -5.29. The van der Waals surface area contributed by atoms with Crippen LogP contribution in [0.4, 0.5) is 0 Å². The molecule has 0 saturated carbocycles. The zero-order chi connectivity index (χ0) is 47.8. The molecule has 0 aliphatic carbocycles. The fourth-order valence-electron chi connectivity index (χ4n) is 9.22. The number of aliphatic hydroxyl groups excluding tert-OH is 1. The van der Waals surface area contributed by atoms with Gasteiger partial charge in [-0.1, -0.05) is 86.3 Å². The van der Waals surface area contributed by atoms with Crippen molar-refractivity contribution in [3.63, 3.8) is 0 Å². The average Bonchev–Trinajstić information content (AvgIpc) is 4.03. The minimum Gasteiger partial charge on any atom is -0.394 e. The third kappa shape index (κ3) is 15.1. The van der Waals surface area contributed by atoms with Crippen LogP contribution in [0.2, 0.25) is 0 Å². The summed E-state index contributed by atoms with van der Waals surface area (Å²) in [6.07, 6.45) is 11.3. The molecule has 0 radical (unpaired) electrons. The predicted molar refractivity (Wildman–Crippen MR) is 246 cm³/mol. The quantitative estimate of drug-likeness (QED) is 0.0454. The summed E-state index contributed by atoms with van der Waals surface area (Å²) in [6, 6.07) is 12.6. The molecule has 66 heavy (non-hydrogen) atoms. The number of carbonyl (C=O) groups is 6. The summed E-state index contributed by atoms with van der Waals surface area (Å²) < 4.78 is 14.1. The summed E-state index contributed by atoms with van der Waals surface area (Å²) in [5.41, 5.74) is 8.50. The molecule has 2 aliphatic rings. The molecule has 2 saturated heterocycles. The standard InChI is InChI=1S/C47H67N8O10P/c1-32-26-38(50-45(60)40-21-15-25-54(40)33(2)57)47(62)55(32)41(27-37-28-49-31-53(37)24-14-6-4-3-5-9-16-34-17-10-7-11-18-34)46(61)51-39(29-56)44(59)52-42(43(48)58)36(30-66(63,64)65)23-22-35-19-12-8-13-20-35/h7-8,10-13,17-20,28,31-32,36,38-42,56H,3-6,9,14-16,21-27,29-30H2,1-2H3,(H2,48,58)(H,50,60)(H,51,61)(H,52,59)(H2,63,64,65)/t32?,36-,38+,39+,40+,41+,42-/m1/s1. The van der Waals surface area contributed by atoms with Crippen LogP contribution in [0.15, 0.2) is 73.2 Å². The van der Waals surface area contributed by atoms with Gasteiger partial charge in [-0.25, -0.2) is 4.98 Å². The van der Waals surface area contributed by atoms with Gasteiger partial charge in [0, 0.05) is 44.4 Å². The number of amides is 6. The second-order valence-corrected chi connectivity index (χ2v) is 19.4. The number of aliphatic hydroxyl groups is 1. The summed E-state index contributed by atoms with van der Waals surface area (Å²) in [4.78, 5) is 108. The molecular weight excluding hydrogens is 868 g/mol. The molecule has 1 aromatic heterocycles. The van der Waals surface area contributed by atoms with Gasteiger partial charge in [0.25, 0.3) is 0 Å². The first-order valence-electron chi connectivity index (χ1n) is 23.1. The Morgan fingerprint density at radius 2 is 1.53 bits per heavy atom. The Hall–Kier alpha value is -5.42. The van der Waals surface area contributed by atoms with Crippen LogP contribution in [0.5, 0.6) is 0 Å². The maximum atomic E-state index is 14.5. The van der Waals surface area contributed by atoms with Crippen molar-refractivity contribution in [2.45, 2.75) is 140 Å². The fourth-order valence-corrected chi connectivity index (χ4v) is 10.2. The van der Waals surface area contributed by atoms with Crippen molar-refractivity contribution in [2.24, 2.45) is 11.7 Å². The van der Waals surface area contributed by atoms with E-state index in [2.05, 4.69) is 45.2 Å². The molecule has 2 aromatic carbocycles. The van der Waals surface area contributed by atoms with Crippen molar-refractivity contribution in [3.05, 3.63) is 90.0 Å². The van der Waals surface area contributed by atoms with Gasteiger partial charge >= 0.3 is 7.60 Å². The number of likely N-dealkylation sites (tertiary alicyclic amines) is 2. The van der Waals surface area contributed by atoms with Crippen molar-refractivity contribution < 1.29 is 48.2 Å². The molecule has 6 amide bonds. The number of nitrogens with zero attached hydrogens (tertiary/aromatic N) is 4. The molecular formula is C47H67N8O10P. The summed E-state index contributed by atoms with van der Waals surface area (Å²) >= 11 is 0. The van der Waals surface area contributed by atoms with Gasteiger partial charge in [0.05, 0.1) is 19.1 Å². The average molecular weight is 935 g/mol. The maximum Gasteiger partial charge on any atom is 0.325 e. The first-order chi connectivity index (χ1) is 31.6. The smallest absolute Gasteiger partial charge is 0.325 e. The monoisotopic (exact) mass is 934 g/mol. The second kappa shape index (κ2) is 24.9. The number of aromatic nitrogens is 2. The van der Waals surface area contributed by atoms with Crippen LogP contribution < -0.4 is 21.7 Å². The van der Waals surface area contributed by atoms with Gasteiger partial charge in [-0.15, -0.1) is 0 Å². The first kappa shape index (κ1) is 51.6. The van der Waals surface area contributed by atoms with Crippen molar-refractivity contribution in [1.29, 1.82) is 0 Å². The van der Waals surface area contributed by atoms with E-state index in [4.69, 9.17) is 5.73 Å². The van der Waals surface area contributed by atoms with Gasteiger partial charge in [-0.3, -0.25) is 33.3 Å². The van der Waals surface area contributed by atoms with Gasteiger partial charge in [-0.2, -0.15) is 0 Å². The molecule has 0 spiro atoms. The molecule has 5 rings (SSSR count). The number of nitrogens with one attached hydrogen (secondary N) is 3. The summed E-state index contributed by atoms with van der Waals surface area (Å²) in [5, 5.41) is 18.3. The lowest BCUT2D eigenvalue weighted by Crippen LogP contribution is -2.60. The van der Waals surface area contributed by atoms with E-state index < -0.39 is 92.1 Å². The number of benzene rings is 2. The van der Waals surface area contributed by atoms with Crippen molar-refractivity contribution in [3.8, 4) is 0 Å². The van der Waals surface area contributed by atoms with E-state index in [1.807, 2.05) is 22.8 Å². The van der Waals surface area contributed by atoms with Crippen LogP contribution >= 0.6 is 7.60 Å². The van der Waals surface area contributed by atoms with E-state index in [1.165, 1.54) is 22.3 Å².